The molecule has 4 nitrogen and oxygen atoms in total. The first kappa shape index (κ1) is 13.5. The molecule has 0 aromatic heterocycles. The standard InChI is InChI=1S/C14H16FN3O/c1-14(5-2-6-17-9-14)13(19)18-12-4-3-11(15)7-10(12)8-16/h3-4,7,17H,2,5-6,9H2,1H3,(H,18,19). The summed E-state index contributed by atoms with van der Waals surface area (Å²) in [6.07, 6.45) is 1.74. The number of nitrogens with zero attached hydrogens (tertiary/aromatic N) is 1. The van der Waals surface area contributed by atoms with E-state index in [9.17, 15) is 9.18 Å². The summed E-state index contributed by atoms with van der Waals surface area (Å²) in [5.74, 6) is -0.622. The Balaban J connectivity index is 2.17. The molecule has 0 aliphatic carbocycles. The molecule has 0 saturated carbocycles. The molecule has 0 radical (unpaired) electrons. The first-order valence-electron chi connectivity index (χ1n) is 6.27. The average molecular weight is 261 g/mol. The lowest BCUT2D eigenvalue weighted by Gasteiger charge is -2.32. The maximum absolute atomic E-state index is 13.0. The highest BCUT2D eigenvalue weighted by Crippen LogP contribution is 2.28. The summed E-state index contributed by atoms with van der Waals surface area (Å²) in [5.41, 5.74) is 0.0146. The molecular formula is C14H16FN3O. The normalized spacial score (nSPS) is 22.6. The Kier molecular flexibility index (Phi) is 3.82. The number of anilines is 1. The van der Waals surface area contributed by atoms with Gasteiger partial charge in [-0.3, -0.25) is 4.79 Å². The fraction of sp³-hybridized carbons (Fsp3) is 0.429. The van der Waals surface area contributed by atoms with E-state index < -0.39 is 11.2 Å². The second kappa shape index (κ2) is 5.37. The van der Waals surface area contributed by atoms with Crippen molar-refractivity contribution in [1.82, 2.24) is 5.32 Å². The molecule has 1 fully saturated rings. The quantitative estimate of drug-likeness (QED) is 0.856. The van der Waals surface area contributed by atoms with Gasteiger partial charge in [0.1, 0.15) is 11.9 Å². The van der Waals surface area contributed by atoms with Crippen molar-refractivity contribution < 1.29 is 9.18 Å². The molecule has 100 valence electrons. The number of hydrogen-bond acceptors (Lipinski definition) is 3. The van der Waals surface area contributed by atoms with Gasteiger partial charge >= 0.3 is 0 Å². The van der Waals surface area contributed by atoms with Gasteiger partial charge in [0.2, 0.25) is 5.91 Å². The van der Waals surface area contributed by atoms with Crippen LogP contribution in [0.2, 0.25) is 0 Å². The molecule has 1 aromatic rings. The largest absolute Gasteiger partial charge is 0.324 e. The summed E-state index contributed by atoms with van der Waals surface area (Å²) in [5, 5.41) is 14.9. The van der Waals surface area contributed by atoms with Gasteiger partial charge in [0.05, 0.1) is 16.7 Å². The van der Waals surface area contributed by atoms with Crippen LogP contribution in [0.25, 0.3) is 0 Å². The van der Waals surface area contributed by atoms with E-state index in [1.165, 1.54) is 12.1 Å². The molecule has 0 spiro atoms. The second-order valence-corrected chi connectivity index (χ2v) is 5.10. The number of amides is 1. The van der Waals surface area contributed by atoms with Gasteiger partial charge in [0.25, 0.3) is 0 Å². The zero-order chi connectivity index (χ0) is 13.9. The number of hydrogen-bond donors (Lipinski definition) is 2. The molecule has 1 saturated heterocycles. The van der Waals surface area contributed by atoms with Gasteiger partial charge in [0, 0.05) is 6.54 Å². The van der Waals surface area contributed by atoms with E-state index in [4.69, 9.17) is 5.26 Å². The van der Waals surface area contributed by atoms with Crippen LogP contribution in [0.1, 0.15) is 25.3 Å². The monoisotopic (exact) mass is 261 g/mol. The minimum atomic E-state index is -0.487. The Hall–Kier alpha value is -1.93. The van der Waals surface area contributed by atoms with E-state index in [0.29, 0.717) is 12.2 Å². The van der Waals surface area contributed by atoms with E-state index in [2.05, 4.69) is 10.6 Å². The van der Waals surface area contributed by atoms with E-state index in [0.717, 1.165) is 25.5 Å². The summed E-state index contributed by atoms with van der Waals surface area (Å²) in [7, 11) is 0. The lowest BCUT2D eigenvalue weighted by atomic mass is 9.82. The number of piperidine rings is 1. The van der Waals surface area contributed by atoms with Crippen molar-refractivity contribution in [3.8, 4) is 6.07 Å². The fourth-order valence-electron chi connectivity index (χ4n) is 2.24. The molecule has 5 heteroatoms. The van der Waals surface area contributed by atoms with Gasteiger partial charge in [0.15, 0.2) is 0 Å². The number of benzene rings is 1. The number of nitriles is 1. The lowest BCUT2D eigenvalue weighted by Crippen LogP contribution is -2.46. The molecule has 1 aliphatic heterocycles. The zero-order valence-corrected chi connectivity index (χ0v) is 10.8. The smallest absolute Gasteiger partial charge is 0.231 e. The van der Waals surface area contributed by atoms with Crippen molar-refractivity contribution in [1.29, 1.82) is 5.26 Å². The fourth-order valence-corrected chi connectivity index (χ4v) is 2.24. The van der Waals surface area contributed by atoms with Crippen molar-refractivity contribution in [2.24, 2.45) is 5.41 Å². The third-order valence-corrected chi connectivity index (χ3v) is 3.50. The number of halogens is 1. The summed E-state index contributed by atoms with van der Waals surface area (Å²) in [6, 6.07) is 5.67. The molecule has 2 rings (SSSR count). The molecule has 1 amide bonds. The van der Waals surface area contributed by atoms with Crippen molar-refractivity contribution in [2.75, 3.05) is 18.4 Å². The summed E-state index contributed by atoms with van der Waals surface area (Å²) in [4.78, 5) is 12.3. The first-order valence-corrected chi connectivity index (χ1v) is 6.27. The van der Waals surface area contributed by atoms with Crippen LogP contribution in [0, 0.1) is 22.6 Å². The van der Waals surface area contributed by atoms with Gasteiger partial charge in [-0.1, -0.05) is 0 Å². The number of nitrogens with one attached hydrogen (secondary N) is 2. The van der Waals surface area contributed by atoms with Gasteiger partial charge in [-0.2, -0.15) is 5.26 Å². The van der Waals surface area contributed by atoms with E-state index in [1.54, 1.807) is 0 Å². The lowest BCUT2D eigenvalue weighted by molar-refractivity contribution is -0.125. The number of carbonyl (C=O) groups excluding carboxylic acids is 1. The summed E-state index contributed by atoms with van der Waals surface area (Å²) >= 11 is 0. The Morgan fingerprint density at radius 3 is 3.00 bits per heavy atom. The topological polar surface area (TPSA) is 64.9 Å². The highest BCUT2D eigenvalue weighted by Gasteiger charge is 2.34. The van der Waals surface area contributed by atoms with Gasteiger partial charge in [-0.15, -0.1) is 0 Å². The Labute approximate surface area is 111 Å². The van der Waals surface area contributed by atoms with Crippen LogP contribution in [0.3, 0.4) is 0 Å². The molecule has 1 atom stereocenters. The molecular weight excluding hydrogens is 245 g/mol. The maximum Gasteiger partial charge on any atom is 0.231 e. The summed E-state index contributed by atoms with van der Waals surface area (Å²) in [6.45, 7) is 3.43. The molecule has 1 heterocycles. The van der Waals surface area contributed by atoms with Crippen LogP contribution in [0.5, 0.6) is 0 Å². The van der Waals surface area contributed by atoms with Gasteiger partial charge in [-0.05, 0) is 44.5 Å². The van der Waals surface area contributed by atoms with E-state index in [-0.39, 0.29) is 11.5 Å². The molecule has 2 N–H and O–H groups in total. The van der Waals surface area contributed by atoms with Crippen LogP contribution in [-0.2, 0) is 4.79 Å². The zero-order valence-electron chi connectivity index (χ0n) is 10.8. The predicted octanol–water partition coefficient (Wildman–Crippen LogP) is 2.03. The van der Waals surface area contributed by atoms with E-state index >= 15 is 0 Å². The molecule has 1 unspecified atom stereocenters. The number of carbonyl (C=O) groups is 1. The minimum Gasteiger partial charge on any atom is -0.324 e. The van der Waals surface area contributed by atoms with Crippen LogP contribution in [0.4, 0.5) is 10.1 Å². The molecule has 1 aliphatic rings. The highest BCUT2D eigenvalue weighted by atomic mass is 19.1. The third kappa shape index (κ3) is 2.91. The number of rotatable bonds is 2. The maximum atomic E-state index is 13.0. The van der Waals surface area contributed by atoms with Crippen LogP contribution in [-0.4, -0.2) is 19.0 Å². The highest BCUT2D eigenvalue weighted by molar-refractivity contribution is 5.96. The van der Waals surface area contributed by atoms with Crippen molar-refractivity contribution in [3.63, 3.8) is 0 Å². The van der Waals surface area contributed by atoms with Crippen molar-refractivity contribution in [3.05, 3.63) is 29.6 Å². The Morgan fingerprint density at radius 1 is 1.58 bits per heavy atom. The van der Waals surface area contributed by atoms with Crippen molar-refractivity contribution in [2.45, 2.75) is 19.8 Å². The van der Waals surface area contributed by atoms with E-state index in [1.807, 2.05) is 13.0 Å². The SMILES string of the molecule is CC1(C(=O)Nc2ccc(F)cc2C#N)CCCNC1. The predicted molar refractivity (Wildman–Crippen MR) is 70.0 cm³/mol. The average Bonchev–Trinajstić information content (AvgIpc) is 2.41. The summed E-state index contributed by atoms with van der Waals surface area (Å²) < 4.78 is 13.0. The Bertz CT molecular complexity index is 530. The molecule has 1 aromatic carbocycles. The third-order valence-electron chi connectivity index (χ3n) is 3.50. The Morgan fingerprint density at radius 2 is 2.37 bits per heavy atom. The molecule has 0 bridgehead atoms. The van der Waals surface area contributed by atoms with Crippen LogP contribution in [0.15, 0.2) is 18.2 Å². The van der Waals surface area contributed by atoms with Crippen molar-refractivity contribution >= 4 is 11.6 Å². The van der Waals surface area contributed by atoms with Gasteiger partial charge in [-0.25, -0.2) is 4.39 Å². The molecule has 19 heavy (non-hydrogen) atoms. The minimum absolute atomic E-state index is 0.136. The van der Waals surface area contributed by atoms with Gasteiger partial charge < -0.3 is 10.6 Å². The van der Waals surface area contributed by atoms with Crippen LogP contribution < -0.4 is 10.6 Å². The second-order valence-electron chi connectivity index (χ2n) is 5.10. The van der Waals surface area contributed by atoms with Crippen LogP contribution >= 0.6 is 0 Å². The first-order chi connectivity index (χ1) is 9.05.